The summed E-state index contributed by atoms with van der Waals surface area (Å²) < 4.78 is 134. The summed E-state index contributed by atoms with van der Waals surface area (Å²) >= 11 is 0. The van der Waals surface area contributed by atoms with Crippen molar-refractivity contribution in [1.29, 1.82) is 0 Å². The molecule has 6 N–H and O–H groups in total. The molecule has 0 radical (unpaired) electrons. The summed E-state index contributed by atoms with van der Waals surface area (Å²) in [5.74, 6) is 0. The predicted octanol–water partition coefficient (Wildman–Crippen LogP) is 2.16. The Labute approximate surface area is 451 Å². The zero-order valence-corrected chi connectivity index (χ0v) is 46.3. The molecule has 2 aromatic rings. The van der Waals surface area contributed by atoms with Crippen LogP contribution in [0.1, 0.15) is 81.7 Å². The number of nitrogens with one attached hydrogen (secondary N) is 2. The Morgan fingerprint density at radius 3 is 1.04 bits per heavy atom. The third kappa shape index (κ3) is 19.2. The lowest BCUT2D eigenvalue weighted by Gasteiger charge is -2.31. The van der Waals surface area contributed by atoms with Gasteiger partial charge in [0.05, 0.1) is 37.6 Å². The van der Waals surface area contributed by atoms with Gasteiger partial charge in [-0.1, -0.05) is 0 Å². The van der Waals surface area contributed by atoms with E-state index in [4.69, 9.17) is 55.6 Å². The topological polar surface area (TPSA) is 441 Å². The molecule has 34 nitrogen and oxygen atoms in total. The normalized spacial score (nSPS) is 24.8. The summed E-state index contributed by atoms with van der Waals surface area (Å²) in [6.45, 7) is 4.57. The van der Waals surface area contributed by atoms with E-state index in [-0.39, 0.29) is 0 Å². The highest BCUT2D eigenvalue weighted by molar-refractivity contribution is 7.48. The molecule has 4 rings (SSSR count). The molecular weight excluding hydrogens is 1140 g/mol. The molecule has 0 spiro atoms. The highest BCUT2D eigenvalue weighted by Gasteiger charge is 2.64. The summed E-state index contributed by atoms with van der Waals surface area (Å²) in [7, 11) is -9.81. The predicted molar refractivity (Wildman–Crippen MR) is 255 cm³/mol. The van der Waals surface area contributed by atoms with Gasteiger partial charge in [-0.3, -0.25) is 37.7 Å². The first-order chi connectivity index (χ1) is 37.1. The maximum absolute atomic E-state index is 14.4. The summed E-state index contributed by atoms with van der Waals surface area (Å²) in [6, 6.07) is 1.84. The van der Waals surface area contributed by atoms with Crippen LogP contribution in [0.5, 0.6) is 0 Å². The Hall–Kier alpha value is -5.72. The minimum absolute atomic E-state index is 0.562. The fraction of sp³-hybridized carbons (Fsp3) is 0.714. The van der Waals surface area contributed by atoms with Gasteiger partial charge in [0.25, 0.3) is 11.1 Å². The quantitative estimate of drug-likeness (QED) is 0.0340. The zero-order valence-electron chi connectivity index (χ0n) is 44.5. The molecule has 0 saturated carbocycles. The second-order valence-corrected chi connectivity index (χ2v) is 21.6. The van der Waals surface area contributed by atoms with Crippen LogP contribution in [-0.4, -0.2) is 177 Å². The number of alkyl halides is 2. The molecule has 2 aliphatic heterocycles. The van der Waals surface area contributed by atoms with Gasteiger partial charge in [0.2, 0.25) is 27.2 Å². The molecule has 2 aliphatic rings. The molecule has 0 aromatic carbocycles. The van der Waals surface area contributed by atoms with E-state index in [0.717, 1.165) is 38.4 Å². The van der Waals surface area contributed by atoms with E-state index in [9.17, 15) is 76.7 Å². The maximum atomic E-state index is 14.4. The van der Waals surface area contributed by atoms with Crippen molar-refractivity contribution in [3.8, 4) is 0 Å². The molecule has 2 fully saturated rings. The molecule has 0 aliphatic carbocycles. The van der Waals surface area contributed by atoms with Gasteiger partial charge < -0.3 is 67.8 Å². The largest absolute Gasteiger partial charge is 0.510 e. The van der Waals surface area contributed by atoms with Crippen molar-refractivity contribution in [2.24, 2.45) is 0 Å². The number of carbonyl (C=O) groups is 4. The Balaban J connectivity index is 0.000000420. The Morgan fingerprint density at radius 2 is 0.812 bits per heavy atom. The number of carbonyl (C=O) groups excluding carboxylic acids is 4. The molecule has 8 atom stereocenters. The summed E-state index contributed by atoms with van der Waals surface area (Å²) in [6.07, 6.45) is -12.9. The number of aliphatic hydroxyl groups excluding tert-OH is 2. The van der Waals surface area contributed by atoms with Gasteiger partial charge in [0.1, 0.15) is 36.8 Å². The minimum atomic E-state index is -4.91. The standard InChI is InChI=1S/2C21H32FN2O15P/c2*1-12(2)37-18(28)32-10-35-40(31,36-11-33-19(29)38-13(3)4)34-9-21(8-22)15(26)20(5,30)16(39-21)24-7-6-14(25)23-17(24)27/h2*6-7,12-13,15-16,26,30H,8-11H2,1-5H3,(H,23,25,27)/t2*15-,16+,20+,21+/m00/s1. The number of phosphoric acid groups is 2. The molecule has 2 saturated heterocycles. The van der Waals surface area contributed by atoms with Crippen LogP contribution in [0.2, 0.25) is 0 Å². The molecule has 38 heteroatoms. The number of H-pyrrole nitrogens is 2. The van der Waals surface area contributed by atoms with Crippen molar-refractivity contribution in [3.63, 3.8) is 0 Å². The average molecular weight is 1200 g/mol. The number of phosphoric ester groups is 2. The van der Waals surface area contributed by atoms with Crippen molar-refractivity contribution in [2.75, 3.05) is 53.7 Å². The van der Waals surface area contributed by atoms with E-state index >= 15 is 0 Å². The highest BCUT2D eigenvalue weighted by atomic mass is 31.2. The van der Waals surface area contributed by atoms with Crippen molar-refractivity contribution in [2.45, 2.75) is 141 Å². The smallest absolute Gasteiger partial charge is 0.432 e. The Kier molecular flexibility index (Phi) is 25.1. The van der Waals surface area contributed by atoms with E-state index < -0.39 is 188 Å². The molecule has 0 amide bonds. The van der Waals surface area contributed by atoms with E-state index in [1.54, 1.807) is 0 Å². The van der Waals surface area contributed by atoms with Crippen LogP contribution in [-0.2, 0) is 83.6 Å². The monoisotopic (exact) mass is 1200 g/mol. The Morgan fingerprint density at radius 1 is 0.550 bits per heavy atom. The Bertz CT molecular complexity index is 2490. The van der Waals surface area contributed by atoms with Gasteiger partial charge in [-0.25, -0.2) is 64.8 Å². The summed E-state index contributed by atoms with van der Waals surface area (Å²) in [5, 5.41) is 43.3. The molecule has 0 bridgehead atoms. The van der Waals surface area contributed by atoms with E-state index in [1.807, 2.05) is 9.97 Å². The fourth-order valence-corrected chi connectivity index (χ4v) is 8.55. The third-order valence-electron chi connectivity index (χ3n) is 10.3. The van der Waals surface area contributed by atoms with Crippen LogP contribution in [0.3, 0.4) is 0 Å². The van der Waals surface area contributed by atoms with E-state index in [1.165, 1.54) is 55.4 Å². The van der Waals surface area contributed by atoms with Gasteiger partial charge in [0, 0.05) is 24.5 Å². The van der Waals surface area contributed by atoms with Gasteiger partial charge in [-0.2, -0.15) is 0 Å². The number of hydrogen-bond donors (Lipinski definition) is 6. The molecule has 80 heavy (non-hydrogen) atoms. The molecule has 456 valence electrons. The zero-order chi connectivity index (χ0) is 60.6. The van der Waals surface area contributed by atoms with Crippen LogP contribution in [0.25, 0.3) is 0 Å². The summed E-state index contributed by atoms with van der Waals surface area (Å²) in [5.41, 5.74) is -13.3. The number of hydrogen-bond acceptors (Lipinski definition) is 30. The lowest BCUT2D eigenvalue weighted by Crippen LogP contribution is -2.53. The molecule has 2 aromatic heterocycles. The second-order valence-electron chi connectivity index (χ2n) is 18.3. The first kappa shape index (κ1) is 68.6. The van der Waals surface area contributed by atoms with E-state index in [2.05, 4.69) is 18.9 Å². The van der Waals surface area contributed by atoms with Crippen molar-refractivity contribution < 1.29 is 132 Å². The maximum Gasteiger partial charge on any atom is 0.510 e. The SMILES string of the molecule is CC(C)OC(=O)OCOP(=O)(OCOC(=O)OC(C)C)OC[C@@]1(CF)O[C@@H](n2ccc(=O)[nH]c2=O)[C@](C)(O)[C@@H]1O.CC(C)OC(=O)OCOP(=O)(OCOC(=O)OC(C)C)OC[C@@]1(CF)O[C@@H](n2ccc(=O)[nH]c2=O)[C@](C)(O)[C@@H]1O. The van der Waals surface area contributed by atoms with Crippen LogP contribution in [0, 0.1) is 0 Å². The highest BCUT2D eigenvalue weighted by Crippen LogP contribution is 2.54. The van der Waals surface area contributed by atoms with Gasteiger partial charge in [0.15, 0.2) is 23.7 Å². The first-order valence-corrected chi connectivity index (χ1v) is 26.3. The lowest BCUT2D eigenvalue weighted by molar-refractivity contribution is -0.141. The molecule has 0 unspecified atom stereocenters. The van der Waals surface area contributed by atoms with Crippen molar-refractivity contribution in [1.82, 2.24) is 19.1 Å². The second kappa shape index (κ2) is 29.3. The van der Waals surface area contributed by atoms with Crippen LogP contribution < -0.4 is 22.5 Å². The number of halogens is 2. The number of rotatable bonds is 26. The minimum Gasteiger partial charge on any atom is -0.432 e. The molecular formula is C42H64F2N4O30P2. The summed E-state index contributed by atoms with van der Waals surface area (Å²) in [4.78, 5) is 97.5. The number of aromatic amines is 2. The lowest BCUT2D eigenvalue weighted by atomic mass is 9.88. The number of nitrogens with zero attached hydrogens (tertiary/aromatic N) is 2. The number of aliphatic hydroxyl groups is 4. The van der Waals surface area contributed by atoms with Crippen LogP contribution >= 0.6 is 15.6 Å². The van der Waals surface area contributed by atoms with Gasteiger partial charge in [-0.15, -0.1) is 0 Å². The van der Waals surface area contributed by atoms with Gasteiger partial charge >= 0.3 is 51.6 Å². The third-order valence-corrected chi connectivity index (χ3v) is 12.8. The number of aromatic nitrogens is 4. The van der Waals surface area contributed by atoms with E-state index in [0.29, 0.717) is 9.13 Å². The fourth-order valence-electron chi connectivity index (χ4n) is 6.62. The number of ether oxygens (including phenoxy) is 10. The van der Waals surface area contributed by atoms with Crippen LogP contribution in [0.4, 0.5) is 28.0 Å². The average Bonchev–Trinajstić information content (AvgIpc) is 3.66. The first-order valence-electron chi connectivity index (χ1n) is 23.4. The van der Waals surface area contributed by atoms with Crippen molar-refractivity contribution in [3.05, 3.63) is 66.2 Å². The van der Waals surface area contributed by atoms with Crippen molar-refractivity contribution >= 4 is 40.3 Å². The van der Waals surface area contributed by atoms with Gasteiger partial charge in [-0.05, 0) is 69.2 Å². The molecule has 4 heterocycles. The van der Waals surface area contributed by atoms with Crippen LogP contribution in [0.15, 0.2) is 43.7 Å².